The Hall–Kier alpha value is -2.70. The van der Waals surface area contributed by atoms with Crippen LogP contribution in [0.25, 0.3) is 5.65 Å². The molecule has 0 aliphatic rings. The summed E-state index contributed by atoms with van der Waals surface area (Å²) in [5.41, 5.74) is 7.86. The van der Waals surface area contributed by atoms with Crippen LogP contribution in [0.4, 0.5) is 0 Å². The largest absolute Gasteiger partial charge is 0.334 e. The van der Waals surface area contributed by atoms with Crippen LogP contribution < -0.4 is 11.3 Å². The molecule has 2 N–H and O–H groups in total. The minimum absolute atomic E-state index is 0. The highest BCUT2D eigenvalue weighted by atomic mass is 35.5. The van der Waals surface area contributed by atoms with Crippen molar-refractivity contribution in [2.24, 2.45) is 5.73 Å². The molecular formula is C20H23ClN4O2. The van der Waals surface area contributed by atoms with Crippen LogP contribution in [-0.2, 0) is 6.54 Å². The first-order valence-electron chi connectivity index (χ1n) is 8.61. The molecule has 0 radical (unpaired) electrons. The van der Waals surface area contributed by atoms with Gasteiger partial charge in [-0.3, -0.25) is 14.0 Å². The molecule has 0 unspecified atom stereocenters. The van der Waals surface area contributed by atoms with Crippen molar-refractivity contribution in [2.75, 3.05) is 13.1 Å². The fourth-order valence-corrected chi connectivity index (χ4v) is 2.83. The number of hydrogen-bond donors (Lipinski definition) is 1. The molecule has 6 nitrogen and oxygen atoms in total. The van der Waals surface area contributed by atoms with Gasteiger partial charge in [-0.15, -0.1) is 12.4 Å². The monoisotopic (exact) mass is 386 g/mol. The second-order valence-corrected chi connectivity index (χ2v) is 6.26. The summed E-state index contributed by atoms with van der Waals surface area (Å²) in [6, 6.07) is 13.3. The molecule has 3 aromatic rings. The lowest BCUT2D eigenvalue weighted by Crippen LogP contribution is -2.36. The molecule has 0 atom stereocenters. The molecule has 3 rings (SSSR count). The molecule has 0 saturated carbocycles. The summed E-state index contributed by atoms with van der Waals surface area (Å²) in [4.78, 5) is 31.7. The standard InChI is InChI=1S/C20H22N4O2.ClH/c1-15-8-11-24-18(12-15)22-13-17(20(24)26)19(25)23(10-5-9-21)14-16-6-3-2-4-7-16;/h2-4,6-8,11-13H,5,9-10,14,21H2,1H3;1H. The van der Waals surface area contributed by atoms with Crippen molar-refractivity contribution in [3.63, 3.8) is 0 Å². The van der Waals surface area contributed by atoms with Gasteiger partial charge in [0.15, 0.2) is 0 Å². The van der Waals surface area contributed by atoms with Crippen LogP contribution in [0, 0.1) is 6.92 Å². The van der Waals surface area contributed by atoms with Crippen molar-refractivity contribution in [1.29, 1.82) is 0 Å². The van der Waals surface area contributed by atoms with Gasteiger partial charge in [0.05, 0.1) is 0 Å². The predicted octanol–water partition coefficient (Wildman–Crippen LogP) is 2.42. The minimum atomic E-state index is -0.356. The van der Waals surface area contributed by atoms with Crippen LogP contribution in [0.2, 0.25) is 0 Å². The van der Waals surface area contributed by atoms with Crippen molar-refractivity contribution in [3.8, 4) is 0 Å². The van der Waals surface area contributed by atoms with E-state index >= 15 is 0 Å². The average Bonchev–Trinajstić information content (AvgIpc) is 2.65. The first kappa shape index (κ1) is 20.6. The van der Waals surface area contributed by atoms with Gasteiger partial charge in [-0.25, -0.2) is 4.98 Å². The third kappa shape index (κ3) is 4.72. The maximum absolute atomic E-state index is 13.0. The Kier molecular flexibility index (Phi) is 7.10. The Labute approximate surface area is 164 Å². The molecule has 142 valence electrons. The number of carbonyl (C=O) groups is 1. The molecule has 27 heavy (non-hydrogen) atoms. The number of nitrogens with zero attached hydrogens (tertiary/aromatic N) is 3. The molecule has 1 amide bonds. The minimum Gasteiger partial charge on any atom is -0.334 e. The third-order valence-electron chi connectivity index (χ3n) is 4.23. The van der Waals surface area contributed by atoms with Gasteiger partial charge >= 0.3 is 0 Å². The number of amides is 1. The van der Waals surface area contributed by atoms with Gasteiger partial charge < -0.3 is 10.6 Å². The van der Waals surface area contributed by atoms with Gasteiger partial charge in [0.25, 0.3) is 11.5 Å². The lowest BCUT2D eigenvalue weighted by Gasteiger charge is -2.22. The van der Waals surface area contributed by atoms with Crippen molar-refractivity contribution < 1.29 is 4.79 Å². The summed E-state index contributed by atoms with van der Waals surface area (Å²) in [5.74, 6) is -0.324. The van der Waals surface area contributed by atoms with E-state index in [1.165, 1.54) is 10.6 Å². The molecule has 0 fully saturated rings. The lowest BCUT2D eigenvalue weighted by molar-refractivity contribution is 0.0740. The molecule has 1 aromatic carbocycles. The number of carbonyl (C=O) groups excluding carboxylic acids is 1. The van der Waals surface area contributed by atoms with Gasteiger partial charge in [0.2, 0.25) is 0 Å². The maximum Gasteiger partial charge on any atom is 0.270 e. The van der Waals surface area contributed by atoms with Crippen LogP contribution >= 0.6 is 12.4 Å². The summed E-state index contributed by atoms with van der Waals surface area (Å²) in [7, 11) is 0. The number of rotatable bonds is 6. The number of halogens is 1. The number of hydrogen-bond acceptors (Lipinski definition) is 4. The molecule has 0 bridgehead atoms. The Bertz CT molecular complexity index is 973. The van der Waals surface area contributed by atoms with Gasteiger partial charge in [0, 0.05) is 25.5 Å². The van der Waals surface area contributed by atoms with E-state index in [4.69, 9.17) is 5.73 Å². The van der Waals surface area contributed by atoms with Gasteiger partial charge in [-0.2, -0.15) is 0 Å². The lowest BCUT2D eigenvalue weighted by atomic mass is 10.2. The predicted molar refractivity (Wildman–Crippen MR) is 108 cm³/mol. The van der Waals surface area contributed by atoms with Crippen molar-refractivity contribution in [3.05, 3.63) is 81.9 Å². The zero-order valence-electron chi connectivity index (χ0n) is 15.2. The summed E-state index contributed by atoms with van der Waals surface area (Å²) >= 11 is 0. The average molecular weight is 387 g/mol. The second kappa shape index (κ2) is 9.30. The summed E-state index contributed by atoms with van der Waals surface area (Å²) in [6.07, 6.45) is 3.69. The van der Waals surface area contributed by atoms with E-state index in [1.54, 1.807) is 11.1 Å². The summed E-state index contributed by atoms with van der Waals surface area (Å²) < 4.78 is 1.41. The molecular weight excluding hydrogens is 364 g/mol. The number of fused-ring (bicyclic) bond motifs is 1. The fourth-order valence-electron chi connectivity index (χ4n) is 2.83. The first-order valence-corrected chi connectivity index (χ1v) is 8.61. The van der Waals surface area contributed by atoms with E-state index < -0.39 is 0 Å². The van der Waals surface area contributed by atoms with E-state index in [9.17, 15) is 9.59 Å². The molecule has 0 aliphatic carbocycles. The Balaban J connectivity index is 0.00000261. The SMILES string of the molecule is Cc1ccn2c(=O)c(C(=O)N(CCCN)Cc3ccccc3)cnc2c1.Cl. The number of aromatic nitrogens is 2. The highest BCUT2D eigenvalue weighted by molar-refractivity contribution is 5.93. The van der Waals surface area contributed by atoms with E-state index in [1.807, 2.05) is 49.4 Å². The topological polar surface area (TPSA) is 80.7 Å². The quantitative estimate of drug-likeness (QED) is 0.705. The van der Waals surface area contributed by atoms with E-state index in [0.29, 0.717) is 31.7 Å². The third-order valence-corrected chi connectivity index (χ3v) is 4.23. The number of nitrogens with two attached hydrogens (primary N) is 1. The van der Waals surface area contributed by atoms with Gasteiger partial charge in [0.1, 0.15) is 11.2 Å². The van der Waals surface area contributed by atoms with Gasteiger partial charge in [-0.1, -0.05) is 30.3 Å². The van der Waals surface area contributed by atoms with Crippen LogP contribution in [-0.4, -0.2) is 33.3 Å². The van der Waals surface area contributed by atoms with Crippen LogP contribution in [0.5, 0.6) is 0 Å². The highest BCUT2D eigenvalue weighted by Gasteiger charge is 2.20. The fraction of sp³-hybridized carbons (Fsp3) is 0.250. The van der Waals surface area contributed by atoms with Crippen molar-refractivity contribution in [2.45, 2.75) is 19.9 Å². The van der Waals surface area contributed by atoms with Gasteiger partial charge in [-0.05, 0) is 43.1 Å². The highest BCUT2D eigenvalue weighted by Crippen LogP contribution is 2.10. The molecule has 2 aromatic heterocycles. The van der Waals surface area contributed by atoms with E-state index in [0.717, 1.165) is 11.1 Å². The number of benzene rings is 1. The zero-order chi connectivity index (χ0) is 18.5. The summed E-state index contributed by atoms with van der Waals surface area (Å²) in [5, 5.41) is 0. The molecule has 7 heteroatoms. The maximum atomic E-state index is 13.0. The Morgan fingerprint density at radius 2 is 1.96 bits per heavy atom. The second-order valence-electron chi connectivity index (χ2n) is 6.26. The van der Waals surface area contributed by atoms with Crippen LogP contribution in [0.15, 0.2) is 59.7 Å². The Morgan fingerprint density at radius 1 is 1.22 bits per heavy atom. The van der Waals surface area contributed by atoms with E-state index in [2.05, 4.69) is 4.98 Å². The van der Waals surface area contributed by atoms with Crippen molar-refractivity contribution >= 4 is 24.0 Å². The van der Waals surface area contributed by atoms with Crippen LogP contribution in [0.1, 0.15) is 27.9 Å². The molecule has 0 spiro atoms. The van der Waals surface area contributed by atoms with Crippen LogP contribution in [0.3, 0.4) is 0 Å². The Morgan fingerprint density at radius 3 is 2.67 bits per heavy atom. The smallest absolute Gasteiger partial charge is 0.270 e. The van der Waals surface area contributed by atoms with E-state index in [-0.39, 0.29) is 29.4 Å². The zero-order valence-corrected chi connectivity index (χ0v) is 16.0. The summed E-state index contributed by atoms with van der Waals surface area (Å²) in [6.45, 7) is 3.32. The molecule has 2 heterocycles. The molecule has 0 saturated heterocycles. The first-order chi connectivity index (χ1) is 12.6. The number of aryl methyl sites for hydroxylation is 1. The number of pyridine rings is 1. The normalized spacial score (nSPS) is 10.4. The molecule has 0 aliphatic heterocycles. The van der Waals surface area contributed by atoms with Crippen molar-refractivity contribution in [1.82, 2.24) is 14.3 Å².